The van der Waals surface area contributed by atoms with Gasteiger partial charge in [-0.1, -0.05) is 18.2 Å². The SMILES string of the molecule is COC1CC(NCc2ccccc2F)C1. The summed E-state index contributed by atoms with van der Waals surface area (Å²) in [7, 11) is 1.73. The fourth-order valence-corrected chi connectivity index (χ4v) is 1.82. The van der Waals surface area contributed by atoms with Crippen LogP contribution in [0.15, 0.2) is 24.3 Å². The first-order valence-corrected chi connectivity index (χ1v) is 5.29. The molecule has 0 bridgehead atoms. The second-order valence-electron chi connectivity index (χ2n) is 4.00. The van der Waals surface area contributed by atoms with Gasteiger partial charge in [0.25, 0.3) is 0 Å². The predicted octanol–water partition coefficient (Wildman–Crippen LogP) is 2.09. The molecule has 0 amide bonds. The molecule has 0 atom stereocenters. The number of hydrogen-bond acceptors (Lipinski definition) is 2. The van der Waals surface area contributed by atoms with Crippen molar-refractivity contribution in [2.45, 2.75) is 31.5 Å². The third kappa shape index (κ3) is 2.55. The summed E-state index contributed by atoms with van der Waals surface area (Å²) in [6, 6.07) is 7.36. The molecule has 1 aromatic carbocycles. The summed E-state index contributed by atoms with van der Waals surface area (Å²) in [6.07, 6.45) is 2.46. The van der Waals surface area contributed by atoms with Crippen molar-refractivity contribution in [3.8, 4) is 0 Å². The number of benzene rings is 1. The molecule has 0 radical (unpaired) electrons. The van der Waals surface area contributed by atoms with E-state index in [1.165, 1.54) is 6.07 Å². The number of rotatable bonds is 4. The lowest BCUT2D eigenvalue weighted by atomic mass is 9.89. The summed E-state index contributed by atoms with van der Waals surface area (Å²) in [5, 5.41) is 3.32. The lowest BCUT2D eigenvalue weighted by Crippen LogP contribution is -2.44. The summed E-state index contributed by atoms with van der Waals surface area (Å²) in [6.45, 7) is 0.605. The van der Waals surface area contributed by atoms with E-state index in [4.69, 9.17) is 4.74 Å². The van der Waals surface area contributed by atoms with Crippen LogP contribution < -0.4 is 5.32 Å². The Kier molecular flexibility index (Phi) is 3.34. The lowest BCUT2D eigenvalue weighted by Gasteiger charge is -2.34. The van der Waals surface area contributed by atoms with Crippen molar-refractivity contribution in [1.29, 1.82) is 0 Å². The fourth-order valence-electron chi connectivity index (χ4n) is 1.82. The van der Waals surface area contributed by atoms with Crippen LogP contribution in [-0.4, -0.2) is 19.3 Å². The Labute approximate surface area is 89.4 Å². The lowest BCUT2D eigenvalue weighted by molar-refractivity contribution is 0.0169. The molecule has 1 aliphatic carbocycles. The van der Waals surface area contributed by atoms with E-state index in [1.807, 2.05) is 12.1 Å². The highest BCUT2D eigenvalue weighted by molar-refractivity contribution is 5.17. The van der Waals surface area contributed by atoms with Crippen molar-refractivity contribution in [3.63, 3.8) is 0 Å². The molecule has 0 saturated heterocycles. The average Bonchev–Trinajstić information content (AvgIpc) is 2.18. The number of nitrogens with one attached hydrogen (secondary N) is 1. The average molecular weight is 209 g/mol. The zero-order valence-corrected chi connectivity index (χ0v) is 8.87. The van der Waals surface area contributed by atoms with E-state index in [9.17, 15) is 4.39 Å². The van der Waals surface area contributed by atoms with Gasteiger partial charge in [-0.25, -0.2) is 4.39 Å². The summed E-state index contributed by atoms with van der Waals surface area (Å²) in [5.41, 5.74) is 0.735. The summed E-state index contributed by atoms with van der Waals surface area (Å²) >= 11 is 0. The van der Waals surface area contributed by atoms with E-state index in [2.05, 4.69) is 5.32 Å². The third-order valence-corrected chi connectivity index (χ3v) is 2.97. The van der Waals surface area contributed by atoms with Gasteiger partial charge in [0.05, 0.1) is 6.10 Å². The number of halogens is 1. The van der Waals surface area contributed by atoms with E-state index in [-0.39, 0.29) is 5.82 Å². The summed E-state index contributed by atoms with van der Waals surface area (Å²) in [5.74, 6) is -0.132. The third-order valence-electron chi connectivity index (χ3n) is 2.97. The van der Waals surface area contributed by atoms with Crippen LogP contribution in [0.1, 0.15) is 18.4 Å². The van der Waals surface area contributed by atoms with E-state index < -0.39 is 0 Å². The molecule has 0 spiro atoms. The molecule has 0 unspecified atom stereocenters. The number of hydrogen-bond donors (Lipinski definition) is 1. The molecule has 2 nitrogen and oxygen atoms in total. The van der Waals surface area contributed by atoms with Crippen LogP contribution in [0.4, 0.5) is 4.39 Å². The van der Waals surface area contributed by atoms with Gasteiger partial charge in [0.1, 0.15) is 5.82 Å². The Hall–Kier alpha value is -0.930. The van der Waals surface area contributed by atoms with Gasteiger partial charge in [0, 0.05) is 25.3 Å². The molecule has 1 aliphatic rings. The highest BCUT2D eigenvalue weighted by atomic mass is 19.1. The molecular formula is C12H16FNO. The van der Waals surface area contributed by atoms with Crippen LogP contribution in [0.2, 0.25) is 0 Å². The minimum atomic E-state index is -0.132. The summed E-state index contributed by atoms with van der Waals surface area (Å²) in [4.78, 5) is 0. The smallest absolute Gasteiger partial charge is 0.127 e. The zero-order valence-electron chi connectivity index (χ0n) is 8.87. The number of methoxy groups -OCH3 is 1. The van der Waals surface area contributed by atoms with Crippen LogP contribution >= 0.6 is 0 Å². The minimum absolute atomic E-state index is 0.132. The highest BCUT2D eigenvalue weighted by Gasteiger charge is 2.28. The highest BCUT2D eigenvalue weighted by Crippen LogP contribution is 2.22. The van der Waals surface area contributed by atoms with Gasteiger partial charge in [-0.2, -0.15) is 0 Å². The molecule has 3 heteroatoms. The molecule has 1 aromatic rings. The maximum absolute atomic E-state index is 13.2. The van der Waals surface area contributed by atoms with Crippen molar-refractivity contribution >= 4 is 0 Å². The molecule has 0 heterocycles. The second-order valence-corrected chi connectivity index (χ2v) is 4.00. The van der Waals surface area contributed by atoms with Crippen molar-refractivity contribution in [3.05, 3.63) is 35.6 Å². The Balaban J connectivity index is 1.77. The maximum atomic E-state index is 13.2. The molecule has 2 rings (SSSR count). The molecule has 1 saturated carbocycles. The van der Waals surface area contributed by atoms with Crippen molar-refractivity contribution in [2.24, 2.45) is 0 Å². The van der Waals surface area contributed by atoms with Gasteiger partial charge in [0.15, 0.2) is 0 Å². The first-order chi connectivity index (χ1) is 7.29. The molecule has 1 N–H and O–H groups in total. The van der Waals surface area contributed by atoms with E-state index in [0.717, 1.165) is 18.4 Å². The molecule has 82 valence electrons. The van der Waals surface area contributed by atoms with Gasteiger partial charge < -0.3 is 10.1 Å². The Bertz CT molecular complexity index is 323. The Morgan fingerprint density at radius 2 is 2.13 bits per heavy atom. The largest absolute Gasteiger partial charge is 0.381 e. The van der Waals surface area contributed by atoms with Crippen molar-refractivity contribution < 1.29 is 9.13 Å². The van der Waals surface area contributed by atoms with Gasteiger partial charge >= 0.3 is 0 Å². The minimum Gasteiger partial charge on any atom is -0.381 e. The van der Waals surface area contributed by atoms with Gasteiger partial charge in [-0.3, -0.25) is 0 Å². The van der Waals surface area contributed by atoms with Crippen LogP contribution in [0.3, 0.4) is 0 Å². The van der Waals surface area contributed by atoms with Crippen molar-refractivity contribution in [2.75, 3.05) is 7.11 Å². The van der Waals surface area contributed by atoms with Crippen LogP contribution in [0, 0.1) is 5.82 Å². The predicted molar refractivity (Wildman–Crippen MR) is 57.1 cm³/mol. The van der Waals surface area contributed by atoms with E-state index >= 15 is 0 Å². The Morgan fingerprint density at radius 3 is 2.80 bits per heavy atom. The quantitative estimate of drug-likeness (QED) is 0.820. The molecular weight excluding hydrogens is 193 g/mol. The van der Waals surface area contributed by atoms with Crippen LogP contribution in [0.25, 0.3) is 0 Å². The second kappa shape index (κ2) is 4.73. The van der Waals surface area contributed by atoms with Gasteiger partial charge in [0.2, 0.25) is 0 Å². The first kappa shape index (κ1) is 10.6. The topological polar surface area (TPSA) is 21.3 Å². The van der Waals surface area contributed by atoms with Gasteiger partial charge in [-0.15, -0.1) is 0 Å². The molecule has 0 aliphatic heterocycles. The molecule has 15 heavy (non-hydrogen) atoms. The maximum Gasteiger partial charge on any atom is 0.127 e. The van der Waals surface area contributed by atoms with E-state index in [0.29, 0.717) is 18.7 Å². The monoisotopic (exact) mass is 209 g/mol. The van der Waals surface area contributed by atoms with Crippen LogP contribution in [-0.2, 0) is 11.3 Å². The van der Waals surface area contributed by atoms with Gasteiger partial charge in [-0.05, 0) is 18.9 Å². The van der Waals surface area contributed by atoms with Crippen molar-refractivity contribution in [1.82, 2.24) is 5.32 Å². The Morgan fingerprint density at radius 1 is 1.40 bits per heavy atom. The van der Waals surface area contributed by atoms with E-state index in [1.54, 1.807) is 13.2 Å². The van der Waals surface area contributed by atoms with Crippen LogP contribution in [0.5, 0.6) is 0 Å². The zero-order chi connectivity index (χ0) is 10.7. The fraction of sp³-hybridized carbons (Fsp3) is 0.500. The normalized spacial score (nSPS) is 24.9. The molecule has 1 fully saturated rings. The summed E-state index contributed by atoms with van der Waals surface area (Å²) < 4.78 is 18.4. The number of ether oxygens (including phenoxy) is 1. The standard InChI is InChI=1S/C12H16FNO/c1-15-11-6-10(7-11)14-8-9-4-2-3-5-12(9)13/h2-5,10-11,14H,6-8H2,1H3. The molecule has 0 aromatic heterocycles. The first-order valence-electron chi connectivity index (χ1n) is 5.29.